The lowest BCUT2D eigenvalue weighted by Gasteiger charge is -2.41. The zero-order valence-corrected chi connectivity index (χ0v) is 76.4. The van der Waals surface area contributed by atoms with E-state index in [1.807, 2.05) is 0 Å². The molecule has 10 N–H and O–H groups in total. The molecule has 111 heavy (non-hydrogen) atoms. The number of aliphatic hydroxyl groups is 7. The zero-order valence-electron chi connectivity index (χ0n) is 75.6. The van der Waals surface area contributed by atoms with Crippen LogP contribution in [0.5, 0.6) is 0 Å². The van der Waals surface area contributed by atoms with Crippen LogP contribution in [0.2, 0.25) is 0 Å². The molecule has 0 radical (unpaired) electrons. The number of hydrogen-bond acceptors (Lipinski definition) is 15. The maximum absolute atomic E-state index is 12.5. The van der Waals surface area contributed by atoms with E-state index in [-0.39, 0.29) is 33.0 Å². The highest BCUT2D eigenvalue weighted by molar-refractivity contribution is 7.47. The minimum atomic E-state index is -4.23. The van der Waals surface area contributed by atoms with Crippen molar-refractivity contribution in [2.75, 3.05) is 72.6 Å². The normalized spacial score (nSPS) is 34.3. The maximum Gasteiger partial charge on any atom is 0.472 e. The first-order valence-corrected chi connectivity index (χ1v) is 48.7. The zero-order chi connectivity index (χ0) is 82.8. The van der Waals surface area contributed by atoms with Crippen LogP contribution in [0.25, 0.3) is 0 Å². The number of hydrogen-bond donors (Lipinski definition) is 9. The van der Waals surface area contributed by atoms with E-state index < -0.39 is 63.3 Å². The monoisotopic (exact) mass is 1600 g/mol. The summed E-state index contributed by atoms with van der Waals surface area (Å²) in [7, 11) is -4.23. The Morgan fingerprint density at radius 2 is 0.604 bits per heavy atom. The van der Waals surface area contributed by atoms with Crippen molar-refractivity contribution in [1.82, 2.24) is 0 Å². The molecule has 24 atom stereocenters. The summed E-state index contributed by atoms with van der Waals surface area (Å²) >= 11 is 0. The van der Waals surface area contributed by atoms with Crippen molar-refractivity contribution >= 4 is 7.82 Å². The number of ether oxygens (including phenoxy) is 4. The fourth-order valence-electron chi connectivity index (χ4n) is 17.1. The van der Waals surface area contributed by atoms with Crippen LogP contribution >= 0.6 is 7.82 Å². The molecular formula is C94H190NO15P. The van der Waals surface area contributed by atoms with Crippen molar-refractivity contribution in [3.05, 3.63) is 0 Å². The van der Waals surface area contributed by atoms with Crippen molar-refractivity contribution < 1.29 is 73.2 Å². The van der Waals surface area contributed by atoms with Gasteiger partial charge in [-0.25, -0.2) is 4.57 Å². The summed E-state index contributed by atoms with van der Waals surface area (Å²) < 4.78 is 47.7. The lowest BCUT2D eigenvalue weighted by molar-refractivity contribution is -0.237. The van der Waals surface area contributed by atoms with Crippen molar-refractivity contribution in [3.63, 3.8) is 0 Å². The Hall–Kier alpha value is -0.370. The topological polar surface area (TPSA) is 260 Å². The molecule has 0 aromatic rings. The van der Waals surface area contributed by atoms with Crippen LogP contribution in [0.3, 0.4) is 0 Å². The highest BCUT2D eigenvalue weighted by Crippen LogP contribution is 2.43. The van der Waals surface area contributed by atoms with E-state index in [1.54, 1.807) is 0 Å². The number of aliphatic hydroxyl groups excluding tert-OH is 6. The van der Waals surface area contributed by atoms with Gasteiger partial charge in [0.05, 0.1) is 39.6 Å². The molecule has 17 heteroatoms. The van der Waals surface area contributed by atoms with E-state index in [9.17, 15) is 45.2 Å². The Morgan fingerprint density at radius 3 is 0.865 bits per heavy atom. The van der Waals surface area contributed by atoms with Gasteiger partial charge in [0.25, 0.3) is 0 Å². The summed E-state index contributed by atoms with van der Waals surface area (Å²) in [5, 5.41) is 74.5. The van der Waals surface area contributed by atoms with Gasteiger partial charge in [-0.1, -0.05) is 368 Å². The maximum atomic E-state index is 12.5. The van der Waals surface area contributed by atoms with E-state index in [0.29, 0.717) is 68.4 Å². The molecule has 0 spiro atoms. The minimum Gasteiger partial charge on any atom is -0.394 e. The highest BCUT2D eigenvalue weighted by Gasteiger charge is 2.50. The van der Waals surface area contributed by atoms with Crippen molar-refractivity contribution in [2.24, 2.45) is 100 Å². The summed E-state index contributed by atoms with van der Waals surface area (Å²) in [6, 6.07) is 0. The molecule has 0 bridgehead atoms. The first-order valence-electron chi connectivity index (χ1n) is 47.2. The molecule has 0 aliphatic carbocycles. The van der Waals surface area contributed by atoms with Crippen LogP contribution in [0.15, 0.2) is 0 Å². The molecule has 0 aromatic heterocycles. The van der Waals surface area contributed by atoms with Crippen molar-refractivity contribution in [3.8, 4) is 0 Å². The van der Waals surface area contributed by atoms with Gasteiger partial charge in [-0.2, -0.15) is 0 Å². The molecule has 1 aliphatic rings. The van der Waals surface area contributed by atoms with Gasteiger partial charge in [-0.3, -0.25) is 9.05 Å². The average molecular weight is 1610 g/mol. The Labute approximate surface area is 686 Å². The van der Waals surface area contributed by atoms with Crippen LogP contribution in [-0.4, -0.2) is 155 Å². The van der Waals surface area contributed by atoms with Gasteiger partial charge in [0.15, 0.2) is 0 Å². The summed E-state index contributed by atoms with van der Waals surface area (Å²) in [6.07, 6.45) is 45.2. The Bertz CT molecular complexity index is 2120. The first-order chi connectivity index (χ1) is 52.8. The molecule has 16 nitrogen and oxygen atoms in total. The van der Waals surface area contributed by atoms with Crippen LogP contribution in [0.4, 0.5) is 0 Å². The second-order valence-corrected chi connectivity index (χ2v) is 40.3. The smallest absolute Gasteiger partial charge is 0.394 e. The fourth-order valence-corrected chi connectivity index (χ4v) is 17.9. The van der Waals surface area contributed by atoms with Crippen LogP contribution in [0, 0.1) is 94.7 Å². The largest absolute Gasteiger partial charge is 0.472 e. The van der Waals surface area contributed by atoms with Gasteiger partial charge >= 0.3 is 7.82 Å². The molecule has 1 heterocycles. The van der Waals surface area contributed by atoms with Gasteiger partial charge in [0.2, 0.25) is 0 Å². The van der Waals surface area contributed by atoms with Crippen LogP contribution < -0.4 is 5.73 Å². The Morgan fingerprint density at radius 1 is 0.360 bits per heavy atom. The van der Waals surface area contributed by atoms with Gasteiger partial charge in [-0.15, -0.1) is 0 Å². The second-order valence-electron chi connectivity index (χ2n) is 38.9. The molecule has 1 aliphatic heterocycles. The van der Waals surface area contributed by atoms with Crippen LogP contribution in [-0.2, 0) is 32.6 Å². The van der Waals surface area contributed by atoms with Crippen molar-refractivity contribution in [2.45, 2.75) is 436 Å². The molecule has 1 rings (SSSR count). The third-order valence-electron chi connectivity index (χ3n) is 26.4. The quantitative estimate of drug-likeness (QED) is 0.0777. The third-order valence-corrected chi connectivity index (χ3v) is 27.3. The van der Waals surface area contributed by atoms with Gasteiger partial charge in [0.1, 0.15) is 42.2 Å². The number of phosphoric acid groups is 1. The van der Waals surface area contributed by atoms with E-state index in [0.717, 1.165) is 104 Å². The molecular weight excluding hydrogens is 1410 g/mol. The summed E-state index contributed by atoms with van der Waals surface area (Å²) in [4.78, 5) is 10.3. The number of phosphoric ester groups is 1. The minimum absolute atomic E-state index is 0.0472. The number of nitrogens with two attached hydrogens (primary N) is 1. The summed E-state index contributed by atoms with van der Waals surface area (Å²) in [5.74, 6) is 11.0. The number of rotatable bonds is 13. The predicted molar refractivity (Wildman–Crippen MR) is 465 cm³/mol. The third kappa shape index (κ3) is 58.3. The first kappa shape index (κ1) is 109. The van der Waals surface area contributed by atoms with Crippen LogP contribution in [0.1, 0.15) is 393 Å². The van der Waals surface area contributed by atoms with E-state index in [1.165, 1.54) is 231 Å². The average Bonchev–Trinajstić information content (AvgIpc) is 0.798. The molecule has 1 fully saturated rings. The molecule has 0 aromatic carbocycles. The van der Waals surface area contributed by atoms with Crippen molar-refractivity contribution in [1.29, 1.82) is 0 Å². The summed E-state index contributed by atoms with van der Waals surface area (Å²) in [5.41, 5.74) is 2.87. The lowest BCUT2D eigenvalue weighted by atomic mass is 9.83. The van der Waals surface area contributed by atoms with E-state index in [4.69, 9.17) is 33.7 Å². The molecule has 1 saturated heterocycles. The molecule has 0 amide bonds. The van der Waals surface area contributed by atoms with Gasteiger partial charge < -0.3 is 65.3 Å². The Kier molecular flexibility index (Phi) is 65.9. The predicted octanol–water partition coefficient (Wildman–Crippen LogP) is 22.4. The van der Waals surface area contributed by atoms with E-state index in [2.05, 4.69) is 111 Å². The molecule has 666 valence electrons. The Balaban J connectivity index is 2.84. The van der Waals surface area contributed by atoms with Gasteiger partial charge in [0, 0.05) is 33.0 Å². The standard InChI is InChI=1S/C94H190NO15P/c1-72-29-17-33-76(5)41-25-49-84(13)57-62-105-68-88(69-110-111(103,104)109-66-61-95)107-64-59-86(15)51-27-43-78(7)35-19-31-74(3)39-23-47-82(11)55-53-81(10)46-22-38-73(2)30-18-34-77(6)42-26-50-85(14)58-63-106-70-90(92(100)94(102,71-97)93(101)91(99)89(98)67-96)108-65-60-87(16)52-28-44-79(8)36-20-32-75(4)40-24-48-83(12)56-54-80(9)45-21-37-72/h72-93,96-102H,17-71,95H2,1-16H3,(H,103,104)/t72-,73-,74-,75-,76+,77+,78+,79+,80-,81-,82-,83-,84+,85+,86+,87+,88-,89?,90-,91?,92?,93?,94?/m0/s1. The lowest BCUT2D eigenvalue weighted by Crippen LogP contribution is -2.65. The van der Waals surface area contributed by atoms with E-state index >= 15 is 0 Å². The summed E-state index contributed by atoms with van der Waals surface area (Å²) in [6.45, 7) is 38.6. The SMILES string of the molecule is C[C@@H]1CCC[C@H](C)CCC[C@H](C)CC[C@@H](C)CCC[C@@H](C)CCC[C@@H](C)CCC[C@@H](C)CCO[C@H](C(O)C(O)(CO)C(O)C(O)C(O)CO)COCC[C@H](C)CCC[C@H](C)CCC[C@H](C)CCC[C@H](C)CC[C@@H](C)CCC[C@@H](C)CCC[C@@H](C)CCC[C@@H](C)CCO[C@H](COP(=O)(O)OCCN)COCC[C@H](C)CCC1. The molecule has 6 unspecified atom stereocenters. The fraction of sp³-hybridized carbons (Fsp3) is 1.00. The molecule has 0 saturated carbocycles. The van der Waals surface area contributed by atoms with Gasteiger partial charge in [-0.05, 0) is 120 Å². The highest BCUT2D eigenvalue weighted by atomic mass is 31.2. The second kappa shape index (κ2) is 67.3.